The molecule has 2 aromatic rings. The van der Waals surface area contributed by atoms with Crippen molar-refractivity contribution in [2.45, 2.75) is 26.3 Å². The molecule has 0 aromatic heterocycles. The number of aryl methyl sites for hydroxylation is 1. The van der Waals surface area contributed by atoms with Gasteiger partial charge in [-0.2, -0.15) is 0 Å². The predicted molar refractivity (Wildman–Crippen MR) is 107 cm³/mol. The molecule has 0 unspecified atom stereocenters. The zero-order valence-corrected chi connectivity index (χ0v) is 16.8. The smallest absolute Gasteiger partial charge is 0.232 e. The Kier molecular flexibility index (Phi) is 7.24. The van der Waals surface area contributed by atoms with E-state index >= 15 is 0 Å². The second-order valence-corrected chi connectivity index (χ2v) is 8.06. The molecule has 6 nitrogen and oxygen atoms in total. The summed E-state index contributed by atoms with van der Waals surface area (Å²) in [4.78, 5) is 12.3. The average molecular weight is 391 g/mol. The van der Waals surface area contributed by atoms with Gasteiger partial charge in [0.25, 0.3) is 0 Å². The van der Waals surface area contributed by atoms with E-state index < -0.39 is 10.0 Å². The fourth-order valence-corrected chi connectivity index (χ4v) is 3.81. The number of anilines is 1. The highest BCUT2D eigenvalue weighted by molar-refractivity contribution is 7.92. The van der Waals surface area contributed by atoms with E-state index in [1.54, 1.807) is 19.2 Å². The van der Waals surface area contributed by atoms with Crippen molar-refractivity contribution in [2.24, 2.45) is 0 Å². The number of nitrogens with one attached hydrogen (secondary N) is 1. The Morgan fingerprint density at radius 3 is 2.33 bits per heavy atom. The molecule has 2 rings (SSSR count). The lowest BCUT2D eigenvalue weighted by atomic mass is 10.1. The molecule has 0 aliphatic carbocycles. The van der Waals surface area contributed by atoms with Crippen LogP contribution in [0, 0.1) is 0 Å². The van der Waals surface area contributed by atoms with Gasteiger partial charge in [0.15, 0.2) is 0 Å². The van der Waals surface area contributed by atoms with E-state index in [4.69, 9.17) is 4.74 Å². The number of carbonyl (C=O) groups excluding carboxylic acids is 1. The molecule has 1 amide bonds. The van der Waals surface area contributed by atoms with Crippen LogP contribution in [0.25, 0.3) is 0 Å². The first-order chi connectivity index (χ1) is 12.9. The minimum Gasteiger partial charge on any atom is -0.496 e. The lowest BCUT2D eigenvalue weighted by Crippen LogP contribution is -2.35. The van der Waals surface area contributed by atoms with Crippen molar-refractivity contribution in [3.8, 4) is 5.75 Å². The van der Waals surface area contributed by atoms with E-state index in [1.807, 2.05) is 43.3 Å². The van der Waals surface area contributed by atoms with Crippen LogP contribution in [-0.2, 0) is 27.8 Å². The summed E-state index contributed by atoms with van der Waals surface area (Å²) in [6.45, 7) is 2.39. The number of carbonyl (C=O) groups is 1. The molecular formula is C20H26N2O4S. The zero-order valence-electron chi connectivity index (χ0n) is 15.9. The normalized spacial score (nSPS) is 11.1. The zero-order chi connectivity index (χ0) is 19.9. The molecule has 2 aromatic carbocycles. The van der Waals surface area contributed by atoms with Crippen molar-refractivity contribution in [1.82, 2.24) is 5.32 Å². The van der Waals surface area contributed by atoms with Crippen LogP contribution >= 0.6 is 0 Å². The average Bonchev–Trinajstić information content (AvgIpc) is 2.66. The van der Waals surface area contributed by atoms with Gasteiger partial charge in [0.2, 0.25) is 15.9 Å². The third kappa shape index (κ3) is 5.72. The Hall–Kier alpha value is -2.54. The quantitative estimate of drug-likeness (QED) is 0.714. The van der Waals surface area contributed by atoms with Gasteiger partial charge < -0.3 is 10.1 Å². The summed E-state index contributed by atoms with van der Waals surface area (Å²) in [5, 5.41) is 2.82. The van der Waals surface area contributed by atoms with Gasteiger partial charge in [-0.15, -0.1) is 0 Å². The summed E-state index contributed by atoms with van der Waals surface area (Å²) in [6.07, 6.45) is 1.94. The first-order valence-electron chi connectivity index (χ1n) is 8.81. The highest BCUT2D eigenvalue weighted by Gasteiger charge is 2.20. The minimum atomic E-state index is -3.49. The second-order valence-electron chi connectivity index (χ2n) is 6.16. The summed E-state index contributed by atoms with van der Waals surface area (Å²) in [7, 11) is -1.91. The van der Waals surface area contributed by atoms with Crippen molar-refractivity contribution in [3.05, 3.63) is 59.7 Å². The number of hydrogen-bond acceptors (Lipinski definition) is 4. The summed E-state index contributed by atoms with van der Waals surface area (Å²) in [6, 6.07) is 14.8. The summed E-state index contributed by atoms with van der Waals surface area (Å²) >= 11 is 0. The summed E-state index contributed by atoms with van der Waals surface area (Å²) in [5.74, 6) is 0.482. The van der Waals surface area contributed by atoms with Gasteiger partial charge in [-0.25, -0.2) is 8.42 Å². The second kappa shape index (κ2) is 9.41. The molecule has 7 heteroatoms. The Morgan fingerprint density at radius 2 is 1.70 bits per heavy atom. The fraction of sp³-hybridized carbons (Fsp3) is 0.350. The topological polar surface area (TPSA) is 75.7 Å². The SMILES string of the molecule is CCc1ccccc1N(CCC(=O)NCc1ccccc1OC)S(C)(=O)=O. The first kappa shape index (κ1) is 20.8. The van der Waals surface area contributed by atoms with E-state index in [0.717, 1.165) is 17.4 Å². The predicted octanol–water partition coefficient (Wildman–Crippen LogP) is 2.73. The third-order valence-corrected chi connectivity index (χ3v) is 5.43. The molecule has 0 atom stereocenters. The van der Waals surface area contributed by atoms with Crippen LogP contribution in [0.4, 0.5) is 5.69 Å². The van der Waals surface area contributed by atoms with Crippen LogP contribution in [0.5, 0.6) is 5.75 Å². The van der Waals surface area contributed by atoms with Gasteiger partial charge in [-0.1, -0.05) is 43.3 Å². The molecule has 0 aliphatic heterocycles. The molecule has 0 saturated carbocycles. The summed E-state index contributed by atoms with van der Waals surface area (Å²) in [5.41, 5.74) is 2.42. The number of nitrogens with zero attached hydrogens (tertiary/aromatic N) is 1. The van der Waals surface area contributed by atoms with Gasteiger partial charge in [-0.3, -0.25) is 9.10 Å². The molecule has 0 aliphatic rings. The number of methoxy groups -OCH3 is 1. The molecule has 0 radical (unpaired) electrons. The molecule has 0 saturated heterocycles. The lowest BCUT2D eigenvalue weighted by molar-refractivity contribution is -0.121. The van der Waals surface area contributed by atoms with Gasteiger partial charge in [-0.05, 0) is 24.1 Å². The van der Waals surface area contributed by atoms with Crippen LogP contribution in [0.2, 0.25) is 0 Å². The van der Waals surface area contributed by atoms with Crippen molar-refractivity contribution >= 4 is 21.6 Å². The number of amides is 1. The largest absolute Gasteiger partial charge is 0.496 e. The maximum atomic E-state index is 12.3. The molecule has 0 fully saturated rings. The van der Waals surface area contributed by atoms with Crippen LogP contribution in [0.15, 0.2) is 48.5 Å². The highest BCUT2D eigenvalue weighted by Crippen LogP contribution is 2.23. The van der Waals surface area contributed by atoms with E-state index in [2.05, 4.69) is 5.32 Å². The van der Waals surface area contributed by atoms with Gasteiger partial charge >= 0.3 is 0 Å². The van der Waals surface area contributed by atoms with Crippen molar-refractivity contribution in [1.29, 1.82) is 0 Å². The highest BCUT2D eigenvalue weighted by atomic mass is 32.2. The van der Waals surface area contributed by atoms with Crippen LogP contribution in [-0.4, -0.2) is 34.2 Å². The molecule has 0 heterocycles. The van der Waals surface area contributed by atoms with Gasteiger partial charge in [0.1, 0.15) is 5.75 Å². The maximum Gasteiger partial charge on any atom is 0.232 e. The van der Waals surface area contributed by atoms with Gasteiger partial charge in [0.05, 0.1) is 19.1 Å². The van der Waals surface area contributed by atoms with Crippen LogP contribution < -0.4 is 14.4 Å². The monoisotopic (exact) mass is 390 g/mol. The molecule has 1 N–H and O–H groups in total. The number of rotatable bonds is 9. The molecular weight excluding hydrogens is 364 g/mol. The standard InChI is InChI=1S/C20H26N2O4S/c1-4-16-9-5-7-11-18(16)22(27(3,24)25)14-13-20(23)21-15-17-10-6-8-12-19(17)26-2/h5-12H,4,13-15H2,1-3H3,(H,21,23). The maximum absolute atomic E-state index is 12.3. The Morgan fingerprint density at radius 1 is 1.07 bits per heavy atom. The van der Waals surface area contributed by atoms with Gasteiger partial charge in [0, 0.05) is 25.1 Å². The Bertz CT molecular complexity index is 881. The number of sulfonamides is 1. The minimum absolute atomic E-state index is 0.0697. The number of benzene rings is 2. The number of hydrogen-bond donors (Lipinski definition) is 1. The Balaban J connectivity index is 2.04. The van der Waals surface area contributed by atoms with E-state index in [0.29, 0.717) is 24.4 Å². The number of ether oxygens (including phenoxy) is 1. The van der Waals surface area contributed by atoms with E-state index in [-0.39, 0.29) is 18.9 Å². The molecule has 27 heavy (non-hydrogen) atoms. The molecule has 0 bridgehead atoms. The van der Waals surface area contributed by atoms with Crippen molar-refractivity contribution in [2.75, 3.05) is 24.2 Å². The van der Waals surface area contributed by atoms with Crippen LogP contribution in [0.1, 0.15) is 24.5 Å². The summed E-state index contributed by atoms with van der Waals surface area (Å²) < 4.78 is 31.1. The van der Waals surface area contributed by atoms with Crippen LogP contribution in [0.3, 0.4) is 0 Å². The third-order valence-electron chi connectivity index (χ3n) is 4.25. The van der Waals surface area contributed by atoms with E-state index in [1.165, 1.54) is 4.31 Å². The molecule has 0 spiro atoms. The first-order valence-corrected chi connectivity index (χ1v) is 10.7. The lowest BCUT2D eigenvalue weighted by Gasteiger charge is -2.24. The number of para-hydroxylation sites is 2. The van der Waals surface area contributed by atoms with Crippen molar-refractivity contribution < 1.29 is 17.9 Å². The van der Waals surface area contributed by atoms with E-state index in [9.17, 15) is 13.2 Å². The Labute approximate surface area is 161 Å². The van der Waals surface area contributed by atoms with Crippen molar-refractivity contribution in [3.63, 3.8) is 0 Å². The fourth-order valence-electron chi connectivity index (χ4n) is 2.85. The molecule has 146 valence electrons.